The zero-order valence-electron chi connectivity index (χ0n) is 13.7. The van der Waals surface area contributed by atoms with Crippen molar-refractivity contribution in [3.63, 3.8) is 0 Å². The Bertz CT molecular complexity index is 653. The molecule has 2 aromatic rings. The number of aromatic nitrogens is 2. The Labute approximate surface area is 142 Å². The summed E-state index contributed by atoms with van der Waals surface area (Å²) in [4.78, 5) is 11.0. The summed E-state index contributed by atoms with van der Waals surface area (Å²) < 4.78 is 5.40. The first-order chi connectivity index (χ1) is 11.9. The van der Waals surface area contributed by atoms with Crippen LogP contribution in [-0.2, 0) is 4.74 Å². The average molecular weight is 325 g/mol. The minimum atomic E-state index is 0.471. The van der Waals surface area contributed by atoms with Gasteiger partial charge in [0.2, 0.25) is 0 Å². The van der Waals surface area contributed by atoms with Crippen molar-refractivity contribution in [1.82, 2.24) is 9.97 Å². The number of hydrogen-bond donors (Lipinski definition) is 2. The van der Waals surface area contributed by atoms with Crippen molar-refractivity contribution in [3.05, 3.63) is 42.7 Å². The first-order valence-electron chi connectivity index (χ1n) is 8.60. The summed E-state index contributed by atoms with van der Waals surface area (Å²) in [6, 6.07) is 13.4. The van der Waals surface area contributed by atoms with E-state index in [0.29, 0.717) is 12.1 Å². The van der Waals surface area contributed by atoms with Crippen molar-refractivity contribution in [2.75, 3.05) is 41.8 Å². The predicted octanol–water partition coefficient (Wildman–Crippen LogP) is 2.37. The molecule has 1 saturated heterocycles. The molecular formula is C18H23N5O. The fraction of sp³-hybridized carbons (Fsp3) is 0.444. The summed E-state index contributed by atoms with van der Waals surface area (Å²) in [6.07, 6.45) is 3.85. The molecule has 126 valence electrons. The number of hydrogen-bond acceptors (Lipinski definition) is 6. The molecule has 1 aromatic heterocycles. The molecule has 2 fully saturated rings. The first-order valence-corrected chi connectivity index (χ1v) is 8.60. The molecule has 2 heterocycles. The molecule has 6 heteroatoms. The highest BCUT2D eigenvalue weighted by Crippen LogP contribution is 2.27. The lowest BCUT2D eigenvalue weighted by Crippen LogP contribution is -2.43. The predicted molar refractivity (Wildman–Crippen MR) is 95.6 cm³/mol. The quantitative estimate of drug-likeness (QED) is 0.880. The number of nitrogens with zero attached hydrogens (tertiary/aromatic N) is 3. The second kappa shape index (κ2) is 7.05. The van der Waals surface area contributed by atoms with Gasteiger partial charge in [-0.2, -0.15) is 0 Å². The van der Waals surface area contributed by atoms with Gasteiger partial charge in [-0.25, -0.2) is 9.97 Å². The van der Waals surface area contributed by atoms with Crippen LogP contribution in [0.15, 0.2) is 42.7 Å². The van der Waals surface area contributed by atoms with Crippen LogP contribution in [0, 0.1) is 0 Å². The summed E-state index contributed by atoms with van der Waals surface area (Å²) in [5.74, 6) is 1.89. The molecule has 1 aliphatic heterocycles. The highest BCUT2D eigenvalue weighted by molar-refractivity contribution is 5.50. The van der Waals surface area contributed by atoms with Gasteiger partial charge in [0.25, 0.3) is 0 Å². The van der Waals surface area contributed by atoms with Gasteiger partial charge >= 0.3 is 0 Å². The third-order valence-corrected chi connectivity index (χ3v) is 4.62. The maximum atomic E-state index is 5.40. The van der Waals surface area contributed by atoms with E-state index in [-0.39, 0.29) is 0 Å². The largest absolute Gasteiger partial charge is 0.382 e. The van der Waals surface area contributed by atoms with Gasteiger partial charge in [0.05, 0.1) is 13.2 Å². The molecule has 1 aliphatic carbocycles. The van der Waals surface area contributed by atoms with Gasteiger partial charge in [0, 0.05) is 36.9 Å². The molecule has 6 nitrogen and oxygen atoms in total. The number of benzene rings is 1. The Morgan fingerprint density at radius 3 is 2.50 bits per heavy atom. The van der Waals surface area contributed by atoms with E-state index in [1.165, 1.54) is 5.69 Å². The summed E-state index contributed by atoms with van der Waals surface area (Å²) in [7, 11) is 0. The molecule has 0 spiro atoms. The van der Waals surface area contributed by atoms with Crippen molar-refractivity contribution in [2.45, 2.75) is 24.9 Å². The molecule has 0 radical (unpaired) electrons. The van der Waals surface area contributed by atoms with Gasteiger partial charge < -0.3 is 20.3 Å². The molecule has 1 saturated carbocycles. The molecule has 0 atom stereocenters. The van der Waals surface area contributed by atoms with Crippen molar-refractivity contribution >= 4 is 17.3 Å². The number of nitrogens with one attached hydrogen (secondary N) is 2. The second-order valence-corrected chi connectivity index (χ2v) is 6.38. The minimum Gasteiger partial charge on any atom is -0.382 e. The lowest BCUT2D eigenvalue weighted by atomic mass is 9.86. The maximum absolute atomic E-state index is 5.40. The van der Waals surface area contributed by atoms with E-state index < -0.39 is 0 Å². The topological polar surface area (TPSA) is 62.3 Å². The van der Waals surface area contributed by atoms with Crippen LogP contribution in [0.4, 0.5) is 17.3 Å². The number of rotatable bonds is 5. The van der Waals surface area contributed by atoms with Crippen molar-refractivity contribution < 1.29 is 4.74 Å². The van der Waals surface area contributed by atoms with E-state index in [1.807, 2.05) is 12.1 Å². The van der Waals surface area contributed by atoms with Crippen LogP contribution in [-0.4, -0.2) is 48.4 Å². The van der Waals surface area contributed by atoms with Crippen molar-refractivity contribution in [1.29, 1.82) is 0 Å². The SMILES string of the molecule is c1ccc(N[C@H]2C[C@H](Nc3cc(N4CCOCC4)ncn3)C2)cc1. The van der Waals surface area contributed by atoms with E-state index in [2.05, 4.69) is 49.8 Å². The number of ether oxygens (including phenoxy) is 1. The number of para-hydroxylation sites is 1. The highest BCUT2D eigenvalue weighted by Gasteiger charge is 2.29. The van der Waals surface area contributed by atoms with Gasteiger partial charge in [-0.1, -0.05) is 18.2 Å². The normalized spacial score (nSPS) is 23.4. The van der Waals surface area contributed by atoms with Crippen LogP contribution in [0.3, 0.4) is 0 Å². The monoisotopic (exact) mass is 325 g/mol. The standard InChI is InChI=1S/C18H23N5O/c1-2-4-14(5-3-1)21-15-10-16(11-15)22-17-12-18(20-13-19-17)23-6-8-24-9-7-23/h1-5,12-13,15-16,21H,6-11H2,(H,19,20,22)/t15-,16-. The molecule has 0 amide bonds. The Morgan fingerprint density at radius 1 is 0.958 bits per heavy atom. The average Bonchev–Trinajstić information content (AvgIpc) is 2.62. The van der Waals surface area contributed by atoms with Crippen LogP contribution in [0.25, 0.3) is 0 Å². The molecule has 4 rings (SSSR count). The minimum absolute atomic E-state index is 0.471. The van der Waals surface area contributed by atoms with E-state index >= 15 is 0 Å². The van der Waals surface area contributed by atoms with Crippen molar-refractivity contribution in [2.24, 2.45) is 0 Å². The highest BCUT2D eigenvalue weighted by atomic mass is 16.5. The van der Waals surface area contributed by atoms with E-state index in [0.717, 1.165) is 50.8 Å². The van der Waals surface area contributed by atoms with Gasteiger partial charge in [-0.3, -0.25) is 0 Å². The van der Waals surface area contributed by atoms with Gasteiger partial charge in [0.1, 0.15) is 18.0 Å². The molecule has 2 N–H and O–H groups in total. The molecule has 0 bridgehead atoms. The Morgan fingerprint density at radius 2 is 1.71 bits per heavy atom. The Kier molecular flexibility index (Phi) is 4.46. The van der Waals surface area contributed by atoms with Crippen molar-refractivity contribution in [3.8, 4) is 0 Å². The van der Waals surface area contributed by atoms with Crippen LogP contribution in [0.1, 0.15) is 12.8 Å². The first kappa shape index (κ1) is 15.2. The molecule has 1 aromatic carbocycles. The van der Waals surface area contributed by atoms with Crippen LogP contribution in [0.5, 0.6) is 0 Å². The van der Waals surface area contributed by atoms with E-state index in [9.17, 15) is 0 Å². The molecule has 24 heavy (non-hydrogen) atoms. The summed E-state index contributed by atoms with van der Waals surface area (Å²) in [6.45, 7) is 3.32. The number of morpholine rings is 1. The van der Waals surface area contributed by atoms with E-state index in [1.54, 1.807) is 6.33 Å². The number of anilines is 3. The van der Waals surface area contributed by atoms with Crippen LogP contribution >= 0.6 is 0 Å². The Hall–Kier alpha value is -2.34. The van der Waals surface area contributed by atoms with Crippen LogP contribution < -0.4 is 15.5 Å². The third kappa shape index (κ3) is 3.59. The van der Waals surface area contributed by atoms with Crippen LogP contribution in [0.2, 0.25) is 0 Å². The lowest BCUT2D eigenvalue weighted by molar-refractivity contribution is 0.122. The molecule has 0 unspecified atom stereocenters. The maximum Gasteiger partial charge on any atom is 0.134 e. The third-order valence-electron chi connectivity index (χ3n) is 4.62. The fourth-order valence-electron chi connectivity index (χ4n) is 3.22. The summed E-state index contributed by atoms with van der Waals surface area (Å²) in [5.41, 5.74) is 1.19. The zero-order valence-corrected chi connectivity index (χ0v) is 13.7. The second-order valence-electron chi connectivity index (χ2n) is 6.38. The Balaban J connectivity index is 1.29. The van der Waals surface area contributed by atoms with Gasteiger partial charge in [0.15, 0.2) is 0 Å². The lowest BCUT2D eigenvalue weighted by Gasteiger charge is -2.37. The molecule has 2 aliphatic rings. The van der Waals surface area contributed by atoms with Gasteiger partial charge in [-0.15, -0.1) is 0 Å². The summed E-state index contributed by atoms with van der Waals surface area (Å²) in [5, 5.41) is 7.09. The molecular weight excluding hydrogens is 302 g/mol. The van der Waals surface area contributed by atoms with Gasteiger partial charge in [-0.05, 0) is 25.0 Å². The zero-order chi connectivity index (χ0) is 16.2. The smallest absolute Gasteiger partial charge is 0.134 e. The van der Waals surface area contributed by atoms with E-state index in [4.69, 9.17) is 4.74 Å². The fourth-order valence-corrected chi connectivity index (χ4v) is 3.22. The summed E-state index contributed by atoms with van der Waals surface area (Å²) >= 11 is 0.